The molecule has 1 amide bonds. The van der Waals surface area contributed by atoms with Gasteiger partial charge in [-0.25, -0.2) is 14.1 Å². The van der Waals surface area contributed by atoms with Crippen LogP contribution in [0.3, 0.4) is 0 Å². The highest BCUT2D eigenvalue weighted by atomic mass is 19.1. The minimum atomic E-state index is -0.417. The molecule has 22 heavy (non-hydrogen) atoms. The molecule has 0 fully saturated rings. The lowest BCUT2D eigenvalue weighted by Gasteiger charge is -2.26. The molecule has 1 aromatic carbocycles. The molecule has 2 heterocycles. The van der Waals surface area contributed by atoms with E-state index in [1.54, 1.807) is 21.7 Å². The zero-order valence-corrected chi connectivity index (χ0v) is 12.3. The molecular formula is C15H17FN4O2. The topological polar surface area (TPSA) is 60.2 Å². The summed E-state index contributed by atoms with van der Waals surface area (Å²) in [5.41, 5.74) is 0.375. The minimum absolute atomic E-state index is 0.0341. The van der Waals surface area contributed by atoms with E-state index in [1.165, 1.54) is 12.4 Å². The summed E-state index contributed by atoms with van der Waals surface area (Å²) in [6.45, 7) is 3.91. The van der Waals surface area contributed by atoms with Crippen LogP contribution < -0.4 is 4.74 Å². The molecule has 3 rings (SSSR count). The number of carbonyl (C=O) groups excluding carboxylic acids is 1. The monoisotopic (exact) mass is 304 g/mol. The molecule has 6 nitrogen and oxygen atoms in total. The molecule has 0 atom stereocenters. The van der Waals surface area contributed by atoms with Crippen LogP contribution in [0.4, 0.5) is 4.39 Å². The Labute approximate surface area is 127 Å². The first-order valence-corrected chi connectivity index (χ1v) is 7.23. The third-order valence-electron chi connectivity index (χ3n) is 3.64. The van der Waals surface area contributed by atoms with Crippen molar-refractivity contribution in [2.75, 3.05) is 13.2 Å². The first-order chi connectivity index (χ1) is 10.7. The van der Waals surface area contributed by atoms with E-state index in [-0.39, 0.29) is 12.3 Å². The molecule has 116 valence electrons. The lowest BCUT2D eigenvalue weighted by molar-refractivity contribution is -0.132. The van der Waals surface area contributed by atoms with Gasteiger partial charge in [-0.05, 0) is 18.6 Å². The van der Waals surface area contributed by atoms with Gasteiger partial charge in [-0.1, -0.05) is 6.07 Å². The van der Waals surface area contributed by atoms with Crippen LogP contribution >= 0.6 is 0 Å². The number of hydrogen-bond donors (Lipinski definition) is 0. The zero-order chi connectivity index (χ0) is 15.5. The summed E-state index contributed by atoms with van der Waals surface area (Å²) in [5, 5.41) is 4.07. The van der Waals surface area contributed by atoms with Gasteiger partial charge < -0.3 is 9.64 Å². The molecule has 0 saturated heterocycles. The summed E-state index contributed by atoms with van der Waals surface area (Å²) in [6.07, 6.45) is 1.52. The molecule has 1 aliphatic heterocycles. The van der Waals surface area contributed by atoms with Crippen LogP contribution in [-0.2, 0) is 24.3 Å². The van der Waals surface area contributed by atoms with Gasteiger partial charge in [0, 0.05) is 12.6 Å². The molecule has 1 aliphatic rings. The maximum absolute atomic E-state index is 14.0. The predicted octanol–water partition coefficient (Wildman–Crippen LogP) is 1.40. The molecule has 0 N–H and O–H groups in total. The number of carbonyl (C=O) groups is 1. The van der Waals surface area contributed by atoms with Crippen molar-refractivity contribution in [1.82, 2.24) is 19.7 Å². The first kappa shape index (κ1) is 14.5. The Balaban J connectivity index is 1.67. The highest BCUT2D eigenvalue weighted by Crippen LogP contribution is 2.18. The van der Waals surface area contributed by atoms with Gasteiger partial charge >= 0.3 is 0 Å². The molecule has 0 aliphatic carbocycles. The number of aromatic nitrogens is 3. The fraction of sp³-hybridized carbons (Fsp3) is 0.400. The van der Waals surface area contributed by atoms with Gasteiger partial charge in [-0.2, -0.15) is 5.10 Å². The Morgan fingerprint density at radius 3 is 3.05 bits per heavy atom. The molecule has 0 bridgehead atoms. The van der Waals surface area contributed by atoms with Crippen molar-refractivity contribution in [3.8, 4) is 5.75 Å². The third-order valence-corrected chi connectivity index (χ3v) is 3.64. The highest BCUT2D eigenvalue weighted by Gasteiger charge is 2.22. The normalized spacial score (nSPS) is 13.8. The van der Waals surface area contributed by atoms with Crippen LogP contribution in [0.2, 0.25) is 0 Å². The Hall–Kier alpha value is -2.44. The molecule has 2 aromatic rings. The minimum Gasteiger partial charge on any atom is -0.494 e. The number of halogens is 1. The molecule has 0 saturated carbocycles. The van der Waals surface area contributed by atoms with Crippen LogP contribution in [-0.4, -0.2) is 38.7 Å². The number of fused-ring (bicyclic) bond motifs is 1. The maximum atomic E-state index is 14.0. The van der Waals surface area contributed by atoms with Crippen molar-refractivity contribution in [3.63, 3.8) is 0 Å². The Morgan fingerprint density at radius 1 is 1.41 bits per heavy atom. The number of benzene rings is 1. The van der Waals surface area contributed by atoms with Crippen molar-refractivity contribution in [2.24, 2.45) is 0 Å². The van der Waals surface area contributed by atoms with E-state index >= 15 is 0 Å². The van der Waals surface area contributed by atoms with E-state index in [2.05, 4.69) is 10.1 Å². The summed E-state index contributed by atoms with van der Waals surface area (Å²) in [6, 6.07) is 4.60. The Bertz CT molecular complexity index is 686. The standard InChI is InChI=1S/C15H17FN4O2/c1-2-22-12-4-3-11(13(16)8-12)7-15(21)19-5-6-20-14(9-19)17-10-18-20/h3-4,8,10H,2,5-7,9H2,1H3. The van der Waals surface area contributed by atoms with Gasteiger partial charge in [0.05, 0.1) is 26.1 Å². The number of rotatable bonds is 4. The summed E-state index contributed by atoms with van der Waals surface area (Å²) in [5.74, 6) is 0.700. The SMILES string of the molecule is CCOc1ccc(CC(=O)N2CCn3ncnc3C2)c(F)c1. The summed E-state index contributed by atoms with van der Waals surface area (Å²) in [4.78, 5) is 18.1. The van der Waals surface area contributed by atoms with Gasteiger partial charge in [0.2, 0.25) is 5.91 Å². The second-order valence-corrected chi connectivity index (χ2v) is 5.08. The largest absolute Gasteiger partial charge is 0.494 e. The van der Waals surface area contributed by atoms with Gasteiger partial charge in [0.15, 0.2) is 0 Å². The Morgan fingerprint density at radius 2 is 2.27 bits per heavy atom. The van der Waals surface area contributed by atoms with Crippen molar-refractivity contribution in [2.45, 2.75) is 26.4 Å². The zero-order valence-electron chi connectivity index (χ0n) is 12.3. The van der Waals surface area contributed by atoms with Gasteiger partial charge in [-0.3, -0.25) is 4.79 Å². The molecule has 0 unspecified atom stereocenters. The lowest BCUT2D eigenvalue weighted by atomic mass is 10.1. The average Bonchev–Trinajstić information content (AvgIpc) is 2.97. The molecule has 0 radical (unpaired) electrons. The first-order valence-electron chi connectivity index (χ1n) is 7.23. The molecular weight excluding hydrogens is 287 g/mol. The smallest absolute Gasteiger partial charge is 0.227 e. The highest BCUT2D eigenvalue weighted by molar-refractivity contribution is 5.78. The van der Waals surface area contributed by atoms with Crippen LogP contribution in [0.1, 0.15) is 18.3 Å². The summed E-state index contributed by atoms with van der Waals surface area (Å²) in [7, 11) is 0. The van der Waals surface area contributed by atoms with E-state index < -0.39 is 5.82 Å². The summed E-state index contributed by atoms with van der Waals surface area (Å²) < 4.78 is 21.0. The maximum Gasteiger partial charge on any atom is 0.227 e. The van der Waals surface area contributed by atoms with Crippen LogP contribution in [0, 0.1) is 5.82 Å². The van der Waals surface area contributed by atoms with Crippen LogP contribution in [0.15, 0.2) is 24.5 Å². The van der Waals surface area contributed by atoms with Crippen LogP contribution in [0.25, 0.3) is 0 Å². The summed E-state index contributed by atoms with van der Waals surface area (Å²) >= 11 is 0. The van der Waals surface area contributed by atoms with Crippen molar-refractivity contribution >= 4 is 5.91 Å². The van der Waals surface area contributed by atoms with E-state index in [4.69, 9.17) is 4.74 Å². The second-order valence-electron chi connectivity index (χ2n) is 5.08. The van der Waals surface area contributed by atoms with Crippen LogP contribution in [0.5, 0.6) is 5.75 Å². The molecule has 0 spiro atoms. The molecule has 1 aromatic heterocycles. The lowest BCUT2D eigenvalue weighted by Crippen LogP contribution is -2.39. The fourth-order valence-electron chi connectivity index (χ4n) is 2.48. The number of nitrogens with zero attached hydrogens (tertiary/aromatic N) is 4. The third kappa shape index (κ3) is 2.93. The second kappa shape index (κ2) is 6.13. The fourth-order valence-corrected chi connectivity index (χ4v) is 2.48. The van der Waals surface area contributed by atoms with Crippen molar-refractivity contribution in [3.05, 3.63) is 41.7 Å². The van der Waals surface area contributed by atoms with Crippen molar-refractivity contribution in [1.29, 1.82) is 0 Å². The Kier molecular flexibility index (Phi) is 4.04. The van der Waals surface area contributed by atoms with Gasteiger partial charge in [0.1, 0.15) is 23.7 Å². The quantitative estimate of drug-likeness (QED) is 0.856. The van der Waals surface area contributed by atoms with E-state index in [0.29, 0.717) is 37.6 Å². The number of amides is 1. The number of hydrogen-bond acceptors (Lipinski definition) is 4. The molecule has 7 heteroatoms. The predicted molar refractivity (Wildman–Crippen MR) is 76.7 cm³/mol. The van der Waals surface area contributed by atoms with E-state index in [0.717, 1.165) is 5.82 Å². The van der Waals surface area contributed by atoms with Crippen molar-refractivity contribution < 1.29 is 13.9 Å². The van der Waals surface area contributed by atoms with Gasteiger partial charge in [-0.15, -0.1) is 0 Å². The number of ether oxygens (including phenoxy) is 1. The average molecular weight is 304 g/mol. The van der Waals surface area contributed by atoms with Gasteiger partial charge in [0.25, 0.3) is 0 Å². The van der Waals surface area contributed by atoms with E-state index in [1.807, 2.05) is 6.92 Å². The van der Waals surface area contributed by atoms with E-state index in [9.17, 15) is 9.18 Å².